The highest BCUT2D eigenvalue weighted by Crippen LogP contribution is 2.36. The van der Waals surface area contributed by atoms with E-state index in [0.29, 0.717) is 24.0 Å². The molecule has 10 nitrogen and oxygen atoms in total. The Labute approximate surface area is 208 Å². The molecule has 0 aliphatic carbocycles. The monoisotopic (exact) mass is 501 g/mol. The number of carbonyl (C=O) groups excluding carboxylic acids is 3. The zero-order valence-electron chi connectivity index (χ0n) is 21.4. The molecule has 0 saturated heterocycles. The average molecular weight is 502 g/mol. The number of benzene rings is 1. The summed E-state index contributed by atoms with van der Waals surface area (Å²) in [5, 5.41) is 13.2. The quantitative estimate of drug-likeness (QED) is 0.615. The number of aryl methyl sites for hydroxylation is 1. The molecule has 0 saturated carbocycles. The van der Waals surface area contributed by atoms with Gasteiger partial charge in [-0.2, -0.15) is 0 Å². The van der Waals surface area contributed by atoms with E-state index < -0.39 is 40.8 Å². The van der Waals surface area contributed by atoms with E-state index in [1.807, 2.05) is 13.8 Å². The molecule has 0 bridgehead atoms. The predicted octanol–water partition coefficient (Wildman–Crippen LogP) is 1.73. The Morgan fingerprint density at radius 1 is 1.22 bits per heavy atom. The third-order valence-corrected chi connectivity index (χ3v) is 6.42. The Kier molecular flexibility index (Phi) is 7.51. The van der Waals surface area contributed by atoms with Crippen LogP contribution in [0.25, 0.3) is 0 Å². The summed E-state index contributed by atoms with van der Waals surface area (Å²) in [6, 6.07) is 3.61. The second-order valence-electron chi connectivity index (χ2n) is 10.2. The maximum Gasteiger partial charge on any atom is 0.312 e. The molecule has 1 aliphatic heterocycles. The van der Waals surface area contributed by atoms with Gasteiger partial charge in [-0.3, -0.25) is 23.7 Å². The van der Waals surface area contributed by atoms with Crippen LogP contribution in [0.3, 0.4) is 0 Å². The number of amides is 3. The molecule has 0 unspecified atom stereocenters. The molecule has 3 amide bonds. The van der Waals surface area contributed by atoms with Gasteiger partial charge in [0.1, 0.15) is 11.6 Å². The highest BCUT2D eigenvalue weighted by atomic mass is 19.1. The summed E-state index contributed by atoms with van der Waals surface area (Å²) in [5.74, 6) is -3.37. The Bertz CT molecular complexity index is 1270. The minimum atomic E-state index is -0.804. The van der Waals surface area contributed by atoms with E-state index in [1.165, 1.54) is 42.7 Å². The first-order chi connectivity index (χ1) is 16.7. The summed E-state index contributed by atoms with van der Waals surface area (Å²) in [7, 11) is 4.38. The van der Waals surface area contributed by atoms with Crippen molar-refractivity contribution in [2.45, 2.75) is 52.7 Å². The molecule has 36 heavy (non-hydrogen) atoms. The zero-order valence-corrected chi connectivity index (χ0v) is 21.4. The van der Waals surface area contributed by atoms with Crippen LogP contribution in [0.1, 0.15) is 60.2 Å². The minimum absolute atomic E-state index is 0.0195. The van der Waals surface area contributed by atoms with Crippen molar-refractivity contribution in [3.8, 4) is 5.75 Å². The second kappa shape index (κ2) is 10.1. The molecule has 2 heterocycles. The van der Waals surface area contributed by atoms with Crippen LogP contribution in [0, 0.1) is 18.2 Å². The van der Waals surface area contributed by atoms with E-state index in [1.54, 1.807) is 13.0 Å². The van der Waals surface area contributed by atoms with Gasteiger partial charge >= 0.3 is 11.8 Å². The maximum atomic E-state index is 13.5. The summed E-state index contributed by atoms with van der Waals surface area (Å²) in [6.45, 7) is 5.72. The van der Waals surface area contributed by atoms with Crippen molar-refractivity contribution in [1.29, 1.82) is 0 Å². The molecule has 194 valence electrons. The Hall–Kier alpha value is -3.76. The van der Waals surface area contributed by atoms with Gasteiger partial charge in [0.15, 0.2) is 5.69 Å². The first-order valence-corrected chi connectivity index (χ1v) is 11.6. The number of nitrogens with one attached hydrogen (secondary N) is 1. The smallest absolute Gasteiger partial charge is 0.312 e. The lowest BCUT2D eigenvalue weighted by atomic mass is 9.87. The minimum Gasteiger partial charge on any atom is -0.501 e. The van der Waals surface area contributed by atoms with Crippen molar-refractivity contribution >= 4 is 17.7 Å². The number of rotatable bonds is 4. The van der Waals surface area contributed by atoms with Gasteiger partial charge in [0.2, 0.25) is 5.75 Å². The van der Waals surface area contributed by atoms with Gasteiger partial charge < -0.3 is 20.2 Å². The summed E-state index contributed by atoms with van der Waals surface area (Å²) < 4.78 is 14.8. The zero-order chi connectivity index (χ0) is 26.9. The molecule has 0 radical (unpaired) electrons. The predicted molar refractivity (Wildman–Crippen MR) is 130 cm³/mol. The molecule has 1 aromatic carbocycles. The fourth-order valence-corrected chi connectivity index (χ4v) is 4.22. The molecular formula is C25H32FN5O5. The highest BCUT2D eigenvalue weighted by molar-refractivity contribution is 6.34. The summed E-state index contributed by atoms with van der Waals surface area (Å²) in [4.78, 5) is 58.0. The molecule has 1 aromatic heterocycles. The lowest BCUT2D eigenvalue weighted by Gasteiger charge is -2.28. The van der Waals surface area contributed by atoms with E-state index in [-0.39, 0.29) is 30.1 Å². The van der Waals surface area contributed by atoms with Crippen molar-refractivity contribution in [2.75, 3.05) is 21.1 Å². The topological polar surface area (TPSA) is 125 Å². The molecule has 3 rings (SSSR count). The van der Waals surface area contributed by atoms with Crippen LogP contribution < -0.4 is 10.9 Å². The number of likely N-dealkylation sites (N-methyl/N-ethyl adjacent to an activating group) is 2. The lowest BCUT2D eigenvalue weighted by Crippen LogP contribution is -2.43. The second-order valence-corrected chi connectivity index (χ2v) is 10.2. The number of aromatic hydroxyl groups is 1. The SMILES string of the molecule is Cc1cc(CNC(=O)c2nc3n(c(=O)c2O)CC(C)(C)CC[C@@H]3N(C)C(=O)C(=O)N(C)C)ccc1F. The number of aromatic nitrogens is 2. The summed E-state index contributed by atoms with van der Waals surface area (Å²) >= 11 is 0. The number of hydrogen-bond donors (Lipinski definition) is 2. The van der Waals surface area contributed by atoms with Crippen molar-refractivity contribution in [3.05, 3.63) is 57.0 Å². The summed E-state index contributed by atoms with van der Waals surface area (Å²) in [5.41, 5.74) is -0.616. The van der Waals surface area contributed by atoms with Crippen molar-refractivity contribution in [1.82, 2.24) is 24.7 Å². The van der Waals surface area contributed by atoms with Gasteiger partial charge in [0.05, 0.1) is 6.04 Å². The van der Waals surface area contributed by atoms with Crippen LogP contribution in [0.15, 0.2) is 23.0 Å². The summed E-state index contributed by atoms with van der Waals surface area (Å²) in [6.07, 6.45) is 0.990. The first-order valence-electron chi connectivity index (χ1n) is 11.6. The fourth-order valence-electron chi connectivity index (χ4n) is 4.22. The highest BCUT2D eigenvalue weighted by Gasteiger charge is 2.37. The number of halogens is 1. The van der Waals surface area contributed by atoms with Crippen LogP contribution in [-0.2, 0) is 22.7 Å². The number of carbonyl (C=O) groups is 3. The third kappa shape index (κ3) is 5.39. The molecule has 0 spiro atoms. The Morgan fingerprint density at radius 2 is 1.89 bits per heavy atom. The Balaban J connectivity index is 2.02. The number of fused-ring (bicyclic) bond motifs is 1. The Morgan fingerprint density at radius 3 is 2.50 bits per heavy atom. The lowest BCUT2D eigenvalue weighted by molar-refractivity contribution is -0.151. The van der Waals surface area contributed by atoms with Crippen LogP contribution in [0.2, 0.25) is 0 Å². The normalized spacial score (nSPS) is 16.5. The van der Waals surface area contributed by atoms with Gasteiger partial charge in [-0.1, -0.05) is 26.0 Å². The fraction of sp³-hybridized carbons (Fsp3) is 0.480. The van der Waals surface area contributed by atoms with Gasteiger partial charge in [-0.25, -0.2) is 9.37 Å². The molecule has 0 fully saturated rings. The van der Waals surface area contributed by atoms with Crippen LogP contribution >= 0.6 is 0 Å². The van der Waals surface area contributed by atoms with Crippen LogP contribution in [0.5, 0.6) is 5.75 Å². The first kappa shape index (κ1) is 26.8. The average Bonchev–Trinajstić information content (AvgIpc) is 2.95. The number of hydrogen-bond acceptors (Lipinski definition) is 6. The molecular weight excluding hydrogens is 469 g/mol. The third-order valence-electron chi connectivity index (χ3n) is 6.42. The van der Waals surface area contributed by atoms with Gasteiger partial charge in [-0.05, 0) is 42.4 Å². The van der Waals surface area contributed by atoms with Gasteiger partial charge in [0.25, 0.3) is 11.5 Å². The number of nitrogens with zero attached hydrogens (tertiary/aromatic N) is 4. The molecule has 1 atom stereocenters. The standard InChI is InChI=1S/C25H32FN5O5/c1-14-11-15(7-8-16(14)26)12-27-21(33)18-19(32)22(34)31-13-25(2,3)10-9-17(20(31)28-18)30(6)24(36)23(35)29(4)5/h7-8,11,17,32H,9-10,12-13H2,1-6H3,(H,27,33)/t17-/m0/s1. The molecule has 11 heteroatoms. The molecule has 2 N–H and O–H groups in total. The largest absolute Gasteiger partial charge is 0.501 e. The van der Waals surface area contributed by atoms with E-state index in [0.717, 1.165) is 4.90 Å². The molecule has 1 aliphatic rings. The van der Waals surface area contributed by atoms with E-state index in [4.69, 9.17) is 0 Å². The van der Waals surface area contributed by atoms with E-state index in [2.05, 4.69) is 10.3 Å². The van der Waals surface area contributed by atoms with E-state index in [9.17, 15) is 28.7 Å². The van der Waals surface area contributed by atoms with Crippen molar-refractivity contribution in [2.24, 2.45) is 5.41 Å². The molecule has 2 aromatic rings. The van der Waals surface area contributed by atoms with Crippen LogP contribution in [-0.4, -0.2) is 63.3 Å². The van der Waals surface area contributed by atoms with Crippen molar-refractivity contribution in [3.63, 3.8) is 0 Å². The van der Waals surface area contributed by atoms with Gasteiger partial charge in [-0.15, -0.1) is 0 Å². The maximum absolute atomic E-state index is 13.5. The van der Waals surface area contributed by atoms with E-state index >= 15 is 0 Å². The van der Waals surface area contributed by atoms with Gasteiger partial charge in [0, 0.05) is 34.2 Å². The van der Waals surface area contributed by atoms with Crippen LogP contribution in [0.4, 0.5) is 4.39 Å². The van der Waals surface area contributed by atoms with Crippen molar-refractivity contribution < 1.29 is 23.9 Å².